The van der Waals surface area contributed by atoms with Gasteiger partial charge in [-0.3, -0.25) is 0 Å². The number of rotatable bonds is 4. The fourth-order valence-corrected chi connectivity index (χ4v) is 3.56. The summed E-state index contributed by atoms with van der Waals surface area (Å²) in [6.45, 7) is 2.34. The topological polar surface area (TPSA) is 12.0 Å². The van der Waals surface area contributed by atoms with Crippen LogP contribution in [0.3, 0.4) is 0 Å². The molecule has 1 N–H and O–H groups in total. The van der Waals surface area contributed by atoms with Crippen molar-refractivity contribution >= 4 is 15.9 Å². The average molecular weight is 328 g/mol. The molecule has 2 rings (SSSR count). The molecule has 1 aliphatic rings. The minimum Gasteiger partial charge on any atom is -0.316 e. The highest BCUT2D eigenvalue weighted by molar-refractivity contribution is 9.10. The first-order valence-electron chi connectivity index (χ1n) is 7.22. The molecule has 1 unspecified atom stereocenters. The van der Waals surface area contributed by atoms with Crippen molar-refractivity contribution < 1.29 is 4.39 Å². The van der Waals surface area contributed by atoms with E-state index in [4.69, 9.17) is 0 Å². The second-order valence-electron chi connectivity index (χ2n) is 5.83. The zero-order valence-corrected chi connectivity index (χ0v) is 13.3. The quantitative estimate of drug-likeness (QED) is 0.855. The predicted octanol–water partition coefficient (Wildman–Crippen LogP) is 4.55. The standard InChI is InChI=1S/C16H23BrFN/c1-11-6-8-12(9-7-11)15(19-2)10-13-4-3-5-14(18)16(13)17/h3-5,11-12,15,19H,6-10H2,1-2H3. The minimum absolute atomic E-state index is 0.162. The van der Waals surface area contributed by atoms with Crippen LogP contribution in [0.4, 0.5) is 4.39 Å². The van der Waals surface area contributed by atoms with Gasteiger partial charge in [-0.2, -0.15) is 0 Å². The van der Waals surface area contributed by atoms with Crippen LogP contribution in [-0.2, 0) is 6.42 Å². The van der Waals surface area contributed by atoms with Crippen molar-refractivity contribution in [3.63, 3.8) is 0 Å². The third-order valence-corrected chi connectivity index (χ3v) is 5.36. The molecule has 0 heterocycles. The number of likely N-dealkylation sites (N-methyl/N-ethyl adjacent to an activating group) is 1. The van der Waals surface area contributed by atoms with Gasteiger partial charge < -0.3 is 5.32 Å². The molecule has 1 aromatic rings. The molecule has 1 atom stereocenters. The van der Waals surface area contributed by atoms with Crippen molar-refractivity contribution in [3.05, 3.63) is 34.1 Å². The van der Waals surface area contributed by atoms with Crippen molar-refractivity contribution in [1.82, 2.24) is 5.32 Å². The average Bonchev–Trinajstić information content (AvgIpc) is 2.42. The molecular weight excluding hydrogens is 305 g/mol. The Labute approximate surface area is 124 Å². The SMILES string of the molecule is CNC(Cc1cccc(F)c1Br)C1CCC(C)CC1. The van der Waals surface area contributed by atoms with Gasteiger partial charge in [0.2, 0.25) is 0 Å². The van der Waals surface area contributed by atoms with E-state index in [0.29, 0.717) is 10.5 Å². The van der Waals surface area contributed by atoms with Gasteiger partial charge >= 0.3 is 0 Å². The molecule has 0 amide bonds. The Bertz CT molecular complexity index is 413. The number of hydrogen-bond donors (Lipinski definition) is 1. The molecule has 106 valence electrons. The lowest BCUT2D eigenvalue weighted by Crippen LogP contribution is -2.37. The fraction of sp³-hybridized carbons (Fsp3) is 0.625. The summed E-state index contributed by atoms with van der Waals surface area (Å²) in [5.74, 6) is 1.43. The summed E-state index contributed by atoms with van der Waals surface area (Å²) in [5, 5.41) is 3.44. The van der Waals surface area contributed by atoms with E-state index in [9.17, 15) is 4.39 Å². The van der Waals surface area contributed by atoms with Gasteiger partial charge in [0, 0.05) is 6.04 Å². The van der Waals surface area contributed by atoms with Crippen LogP contribution in [0, 0.1) is 17.7 Å². The predicted molar refractivity (Wildman–Crippen MR) is 81.8 cm³/mol. The highest BCUT2D eigenvalue weighted by Crippen LogP contribution is 2.32. The zero-order valence-electron chi connectivity index (χ0n) is 11.8. The fourth-order valence-electron chi connectivity index (χ4n) is 3.14. The summed E-state index contributed by atoms with van der Waals surface area (Å²) >= 11 is 3.37. The molecular formula is C16H23BrFN. The molecule has 0 aliphatic heterocycles. The van der Waals surface area contributed by atoms with Crippen molar-refractivity contribution in [1.29, 1.82) is 0 Å². The maximum atomic E-state index is 13.6. The Hall–Kier alpha value is -0.410. The third kappa shape index (κ3) is 3.79. The monoisotopic (exact) mass is 327 g/mol. The lowest BCUT2D eigenvalue weighted by molar-refractivity contribution is 0.235. The first kappa shape index (κ1) is 15.0. The molecule has 0 spiro atoms. The van der Waals surface area contributed by atoms with Gasteiger partial charge in [-0.05, 0) is 65.7 Å². The van der Waals surface area contributed by atoms with Crippen LogP contribution in [0.5, 0.6) is 0 Å². The molecule has 0 bridgehead atoms. The zero-order chi connectivity index (χ0) is 13.8. The summed E-state index contributed by atoms with van der Waals surface area (Å²) in [7, 11) is 2.02. The Morgan fingerprint density at radius 2 is 2.00 bits per heavy atom. The number of hydrogen-bond acceptors (Lipinski definition) is 1. The first-order valence-corrected chi connectivity index (χ1v) is 8.01. The summed E-state index contributed by atoms with van der Waals surface area (Å²) in [6, 6.07) is 5.77. The van der Waals surface area contributed by atoms with Crippen molar-refractivity contribution in [2.75, 3.05) is 7.05 Å². The van der Waals surface area contributed by atoms with Gasteiger partial charge in [-0.15, -0.1) is 0 Å². The van der Waals surface area contributed by atoms with Crippen molar-refractivity contribution in [3.8, 4) is 0 Å². The first-order chi connectivity index (χ1) is 9.11. The molecule has 1 saturated carbocycles. The van der Waals surface area contributed by atoms with Crippen LogP contribution in [0.1, 0.15) is 38.2 Å². The van der Waals surface area contributed by atoms with Crippen LogP contribution in [0.25, 0.3) is 0 Å². The Kier molecular flexibility index (Phi) is 5.40. The lowest BCUT2D eigenvalue weighted by Gasteiger charge is -2.33. The molecule has 0 saturated heterocycles. The summed E-state index contributed by atoms with van der Waals surface area (Å²) in [5.41, 5.74) is 1.07. The maximum Gasteiger partial charge on any atom is 0.137 e. The minimum atomic E-state index is -0.162. The second kappa shape index (κ2) is 6.85. The number of nitrogens with one attached hydrogen (secondary N) is 1. The van der Waals surface area contributed by atoms with Crippen LogP contribution < -0.4 is 5.32 Å². The molecule has 1 nitrogen and oxygen atoms in total. The van der Waals surface area contributed by atoms with Gasteiger partial charge in [0.15, 0.2) is 0 Å². The highest BCUT2D eigenvalue weighted by Gasteiger charge is 2.25. The molecule has 1 aliphatic carbocycles. The van der Waals surface area contributed by atoms with Crippen LogP contribution in [0.15, 0.2) is 22.7 Å². The molecule has 19 heavy (non-hydrogen) atoms. The smallest absolute Gasteiger partial charge is 0.137 e. The van der Waals surface area contributed by atoms with Crippen LogP contribution in [-0.4, -0.2) is 13.1 Å². The van der Waals surface area contributed by atoms with E-state index < -0.39 is 0 Å². The summed E-state index contributed by atoms with van der Waals surface area (Å²) < 4.78 is 14.2. The van der Waals surface area contributed by atoms with E-state index in [1.54, 1.807) is 6.07 Å². The maximum absolute atomic E-state index is 13.6. The van der Waals surface area contributed by atoms with E-state index in [0.717, 1.165) is 23.8 Å². The van der Waals surface area contributed by atoms with Crippen molar-refractivity contribution in [2.45, 2.75) is 45.1 Å². The summed E-state index contributed by atoms with van der Waals surface area (Å²) in [6.07, 6.45) is 6.13. The van der Waals surface area contributed by atoms with E-state index in [-0.39, 0.29) is 5.82 Å². The Morgan fingerprint density at radius 3 is 2.63 bits per heavy atom. The van der Waals surface area contributed by atoms with Crippen LogP contribution in [0.2, 0.25) is 0 Å². The Morgan fingerprint density at radius 1 is 1.32 bits per heavy atom. The normalized spacial score (nSPS) is 25.3. The molecule has 3 heteroatoms. The third-order valence-electron chi connectivity index (χ3n) is 4.47. The van der Waals surface area contributed by atoms with Gasteiger partial charge in [0.1, 0.15) is 5.82 Å². The van der Waals surface area contributed by atoms with E-state index in [2.05, 4.69) is 28.2 Å². The van der Waals surface area contributed by atoms with E-state index in [1.807, 2.05) is 13.1 Å². The molecule has 0 aromatic heterocycles. The van der Waals surface area contributed by atoms with Gasteiger partial charge in [-0.25, -0.2) is 4.39 Å². The highest BCUT2D eigenvalue weighted by atomic mass is 79.9. The molecule has 1 fully saturated rings. The molecule has 0 radical (unpaired) electrons. The second-order valence-corrected chi connectivity index (χ2v) is 6.63. The van der Waals surface area contributed by atoms with Gasteiger partial charge in [-0.1, -0.05) is 31.9 Å². The Balaban J connectivity index is 2.04. The molecule has 1 aromatic carbocycles. The van der Waals surface area contributed by atoms with E-state index >= 15 is 0 Å². The number of benzene rings is 1. The van der Waals surface area contributed by atoms with Gasteiger partial charge in [0.05, 0.1) is 4.47 Å². The largest absolute Gasteiger partial charge is 0.316 e. The summed E-state index contributed by atoms with van der Waals surface area (Å²) in [4.78, 5) is 0. The van der Waals surface area contributed by atoms with Crippen molar-refractivity contribution in [2.24, 2.45) is 11.8 Å². The lowest BCUT2D eigenvalue weighted by atomic mass is 9.78. The van der Waals surface area contributed by atoms with E-state index in [1.165, 1.54) is 31.7 Å². The van der Waals surface area contributed by atoms with Crippen LogP contribution >= 0.6 is 15.9 Å². The number of halogens is 2. The van der Waals surface area contributed by atoms with Gasteiger partial charge in [0.25, 0.3) is 0 Å².